The summed E-state index contributed by atoms with van der Waals surface area (Å²) in [5.74, 6) is -4.52. The summed E-state index contributed by atoms with van der Waals surface area (Å²) in [7, 11) is 1.17. The summed E-state index contributed by atoms with van der Waals surface area (Å²) in [6.45, 7) is 0.137. The van der Waals surface area contributed by atoms with Gasteiger partial charge in [-0.15, -0.1) is 0 Å². The van der Waals surface area contributed by atoms with E-state index in [9.17, 15) is 24.0 Å². The summed E-state index contributed by atoms with van der Waals surface area (Å²) < 4.78 is 33.6. The van der Waals surface area contributed by atoms with Crippen LogP contribution in [0.25, 0.3) is 0 Å². The number of phenols is 1. The Balaban J connectivity index is 2.56. The van der Waals surface area contributed by atoms with Crippen molar-refractivity contribution in [2.24, 2.45) is 0 Å². The van der Waals surface area contributed by atoms with Crippen LogP contribution in [0.4, 0.5) is 14.5 Å². The first-order valence-electron chi connectivity index (χ1n) is 7.30. The largest absolute Gasteiger partial charge is 0.500 e. The summed E-state index contributed by atoms with van der Waals surface area (Å²) in [5, 5.41) is 33.0. The lowest BCUT2D eigenvalue weighted by Gasteiger charge is -2.38. The van der Waals surface area contributed by atoms with Crippen molar-refractivity contribution < 1.29 is 28.7 Å². The molecule has 0 amide bonds. The van der Waals surface area contributed by atoms with Crippen LogP contribution in [0.3, 0.4) is 0 Å². The standard InChI is InChI=1S/C14H19F2N3O5/c1-24-11-7-9(6-10(12(11)21)19(22)23)13(14(15,16)8-20)18-4-2-17-3-5-18/h6-7,13,17,20-21H,2-5,8H2,1H3/t13-/m1/s1. The molecule has 0 saturated carbocycles. The molecule has 134 valence electrons. The average molecular weight is 347 g/mol. The van der Waals surface area contributed by atoms with Gasteiger partial charge in [0, 0.05) is 32.2 Å². The van der Waals surface area contributed by atoms with E-state index in [0.717, 1.165) is 12.1 Å². The number of alkyl halides is 2. The van der Waals surface area contributed by atoms with Crippen LogP contribution in [0.15, 0.2) is 12.1 Å². The summed E-state index contributed by atoms with van der Waals surface area (Å²) in [4.78, 5) is 11.7. The first-order chi connectivity index (χ1) is 11.3. The second-order valence-electron chi connectivity index (χ2n) is 5.46. The van der Waals surface area contributed by atoms with E-state index in [1.807, 2.05) is 0 Å². The van der Waals surface area contributed by atoms with Crippen molar-refractivity contribution in [3.8, 4) is 11.5 Å². The van der Waals surface area contributed by atoms with E-state index in [1.165, 1.54) is 12.0 Å². The zero-order chi connectivity index (χ0) is 17.9. The van der Waals surface area contributed by atoms with Gasteiger partial charge in [-0.2, -0.15) is 0 Å². The highest BCUT2D eigenvalue weighted by molar-refractivity contribution is 5.57. The molecule has 1 aromatic carbocycles. The summed E-state index contributed by atoms with van der Waals surface area (Å²) in [5.41, 5.74) is -0.824. The highest BCUT2D eigenvalue weighted by atomic mass is 19.3. The molecule has 3 N–H and O–H groups in total. The lowest BCUT2D eigenvalue weighted by molar-refractivity contribution is -0.386. The molecule has 24 heavy (non-hydrogen) atoms. The number of phenolic OH excluding ortho intramolecular Hbond substituents is 1. The Morgan fingerprint density at radius 2 is 2.08 bits per heavy atom. The number of piperazine rings is 1. The normalized spacial score (nSPS) is 17.5. The Kier molecular flexibility index (Phi) is 5.52. The van der Waals surface area contributed by atoms with Gasteiger partial charge < -0.3 is 20.3 Å². The van der Waals surface area contributed by atoms with Crippen LogP contribution < -0.4 is 10.1 Å². The number of nitro benzene ring substituents is 1. The molecule has 0 aromatic heterocycles. The van der Waals surface area contributed by atoms with Crippen LogP contribution in [0.5, 0.6) is 11.5 Å². The number of nitrogens with zero attached hydrogens (tertiary/aromatic N) is 2. The number of hydrogen-bond donors (Lipinski definition) is 3. The van der Waals surface area contributed by atoms with E-state index in [1.54, 1.807) is 0 Å². The number of methoxy groups -OCH3 is 1. The van der Waals surface area contributed by atoms with Gasteiger partial charge in [0.05, 0.1) is 12.0 Å². The number of nitrogens with one attached hydrogen (secondary N) is 1. The quantitative estimate of drug-likeness (QED) is 0.518. The van der Waals surface area contributed by atoms with Crippen LogP contribution in [0, 0.1) is 10.1 Å². The molecule has 10 heteroatoms. The van der Waals surface area contributed by atoms with Gasteiger partial charge in [-0.25, -0.2) is 8.78 Å². The number of benzene rings is 1. The Hall–Kier alpha value is -2.04. The minimum Gasteiger partial charge on any atom is -0.500 e. The van der Waals surface area contributed by atoms with Gasteiger partial charge in [-0.3, -0.25) is 15.0 Å². The van der Waals surface area contributed by atoms with Crippen molar-refractivity contribution in [3.05, 3.63) is 27.8 Å². The molecular weight excluding hydrogens is 328 g/mol. The third-order valence-corrected chi connectivity index (χ3v) is 3.94. The summed E-state index contributed by atoms with van der Waals surface area (Å²) in [6.07, 6.45) is 0. The van der Waals surface area contributed by atoms with E-state index in [0.29, 0.717) is 13.1 Å². The molecule has 1 aliphatic heterocycles. The summed E-state index contributed by atoms with van der Waals surface area (Å²) in [6, 6.07) is 0.463. The highest BCUT2D eigenvalue weighted by Gasteiger charge is 2.45. The van der Waals surface area contributed by atoms with Crippen LogP contribution in [0.1, 0.15) is 11.6 Å². The van der Waals surface area contributed by atoms with Gasteiger partial charge in [0.2, 0.25) is 5.75 Å². The van der Waals surface area contributed by atoms with Crippen LogP contribution >= 0.6 is 0 Å². The molecule has 0 aliphatic carbocycles. The number of hydrogen-bond acceptors (Lipinski definition) is 7. The zero-order valence-electron chi connectivity index (χ0n) is 13.0. The molecular formula is C14H19F2N3O5. The van der Waals surface area contributed by atoms with E-state index in [2.05, 4.69) is 5.32 Å². The van der Waals surface area contributed by atoms with Crippen LogP contribution in [-0.2, 0) is 0 Å². The fraction of sp³-hybridized carbons (Fsp3) is 0.571. The Morgan fingerprint density at radius 3 is 2.58 bits per heavy atom. The first kappa shape index (κ1) is 18.3. The number of halogens is 2. The van der Waals surface area contributed by atoms with E-state index < -0.39 is 34.9 Å². The van der Waals surface area contributed by atoms with Gasteiger partial charge in [0.25, 0.3) is 5.92 Å². The SMILES string of the molecule is COc1cc([C@@H](N2CCNCC2)C(F)(F)CO)cc([N+](=O)[O-])c1O. The predicted octanol–water partition coefficient (Wildman–Crippen LogP) is 0.883. The summed E-state index contributed by atoms with van der Waals surface area (Å²) >= 11 is 0. The number of nitro groups is 1. The van der Waals surface area contributed by atoms with E-state index in [4.69, 9.17) is 9.84 Å². The Bertz CT molecular complexity index is 608. The Labute approximate surface area is 136 Å². The minimum atomic E-state index is -3.52. The topological polar surface area (TPSA) is 108 Å². The van der Waals surface area contributed by atoms with Gasteiger partial charge in [-0.1, -0.05) is 0 Å². The molecule has 1 fully saturated rings. The first-order valence-corrected chi connectivity index (χ1v) is 7.30. The predicted molar refractivity (Wildman–Crippen MR) is 80.5 cm³/mol. The fourth-order valence-corrected chi connectivity index (χ4v) is 2.82. The van der Waals surface area contributed by atoms with Gasteiger partial charge in [-0.05, 0) is 11.6 Å². The van der Waals surface area contributed by atoms with E-state index in [-0.39, 0.29) is 24.4 Å². The Morgan fingerprint density at radius 1 is 1.46 bits per heavy atom. The molecule has 0 bridgehead atoms. The third-order valence-electron chi connectivity index (χ3n) is 3.94. The van der Waals surface area contributed by atoms with Gasteiger partial charge in [0.15, 0.2) is 5.75 Å². The second kappa shape index (κ2) is 7.24. The number of aromatic hydroxyl groups is 1. The average Bonchev–Trinajstić information content (AvgIpc) is 2.56. The minimum absolute atomic E-state index is 0.0997. The lowest BCUT2D eigenvalue weighted by atomic mass is 9.97. The van der Waals surface area contributed by atoms with Crippen molar-refractivity contribution in [1.82, 2.24) is 10.2 Å². The number of rotatable bonds is 6. The van der Waals surface area contributed by atoms with Crippen molar-refractivity contribution in [2.75, 3.05) is 39.9 Å². The van der Waals surface area contributed by atoms with Gasteiger partial charge >= 0.3 is 5.69 Å². The zero-order valence-corrected chi connectivity index (χ0v) is 13.0. The molecule has 1 aromatic rings. The van der Waals surface area contributed by atoms with E-state index >= 15 is 0 Å². The van der Waals surface area contributed by atoms with Gasteiger partial charge in [0.1, 0.15) is 12.6 Å². The van der Waals surface area contributed by atoms with Crippen molar-refractivity contribution in [3.63, 3.8) is 0 Å². The molecule has 1 atom stereocenters. The lowest BCUT2D eigenvalue weighted by Crippen LogP contribution is -2.51. The van der Waals surface area contributed by atoms with Crippen molar-refractivity contribution in [1.29, 1.82) is 0 Å². The smallest absolute Gasteiger partial charge is 0.314 e. The molecule has 1 aliphatic rings. The van der Waals surface area contributed by atoms with Crippen molar-refractivity contribution in [2.45, 2.75) is 12.0 Å². The number of aliphatic hydroxyl groups excluding tert-OH is 1. The maximum Gasteiger partial charge on any atom is 0.314 e. The monoisotopic (exact) mass is 347 g/mol. The number of aliphatic hydroxyl groups is 1. The van der Waals surface area contributed by atoms with Crippen LogP contribution in [-0.4, -0.2) is 65.9 Å². The third kappa shape index (κ3) is 3.55. The molecule has 8 nitrogen and oxygen atoms in total. The maximum atomic E-state index is 14.4. The van der Waals surface area contributed by atoms with Crippen LogP contribution in [0.2, 0.25) is 0 Å². The molecule has 2 rings (SSSR count). The highest BCUT2D eigenvalue weighted by Crippen LogP contribution is 2.43. The molecule has 1 heterocycles. The maximum absolute atomic E-state index is 14.4. The second-order valence-corrected chi connectivity index (χ2v) is 5.46. The molecule has 0 spiro atoms. The molecule has 0 unspecified atom stereocenters. The molecule has 0 radical (unpaired) electrons. The van der Waals surface area contributed by atoms with Crippen molar-refractivity contribution >= 4 is 5.69 Å². The fourth-order valence-electron chi connectivity index (χ4n) is 2.82. The molecule has 1 saturated heterocycles. The number of ether oxygens (including phenoxy) is 1.